The van der Waals surface area contributed by atoms with Crippen molar-refractivity contribution in [1.29, 1.82) is 0 Å². The molecule has 2 aromatic rings. The number of nitrogens with zero attached hydrogens (tertiary/aromatic N) is 3. The first-order valence-corrected chi connectivity index (χ1v) is 7.17. The molecule has 1 aromatic carbocycles. The second-order valence-corrected chi connectivity index (χ2v) is 5.44. The lowest BCUT2D eigenvalue weighted by molar-refractivity contribution is 0.583. The molecule has 0 amide bonds. The average molecular weight is 319 g/mol. The van der Waals surface area contributed by atoms with E-state index < -0.39 is 0 Å². The molecular formula is C14H15BrN4. The summed E-state index contributed by atoms with van der Waals surface area (Å²) in [6.07, 6.45) is 0. The molecule has 1 aliphatic heterocycles. The van der Waals surface area contributed by atoms with Crippen molar-refractivity contribution in [3.8, 4) is 11.3 Å². The molecule has 1 saturated heterocycles. The number of nitrogens with one attached hydrogen (secondary N) is 1. The zero-order chi connectivity index (χ0) is 13.1. The third kappa shape index (κ3) is 2.93. The largest absolute Gasteiger partial charge is 0.353 e. The second-order valence-electron chi connectivity index (χ2n) is 4.52. The van der Waals surface area contributed by atoms with Crippen LogP contribution in [0.2, 0.25) is 0 Å². The summed E-state index contributed by atoms with van der Waals surface area (Å²) in [5.41, 5.74) is 1.99. The van der Waals surface area contributed by atoms with Crippen LogP contribution in [-0.2, 0) is 0 Å². The van der Waals surface area contributed by atoms with E-state index in [2.05, 4.69) is 42.4 Å². The Morgan fingerprint density at radius 3 is 2.32 bits per heavy atom. The summed E-state index contributed by atoms with van der Waals surface area (Å²) in [7, 11) is 0. The lowest BCUT2D eigenvalue weighted by Crippen LogP contribution is -2.43. The van der Waals surface area contributed by atoms with Gasteiger partial charge in [0.1, 0.15) is 0 Å². The molecule has 4 nitrogen and oxygen atoms in total. The van der Waals surface area contributed by atoms with Gasteiger partial charge in [-0.15, -0.1) is 10.2 Å². The predicted molar refractivity (Wildman–Crippen MR) is 80.3 cm³/mol. The molecule has 2 heterocycles. The minimum absolute atomic E-state index is 0.909. The first-order chi connectivity index (χ1) is 9.33. The van der Waals surface area contributed by atoms with Crippen LogP contribution in [0.3, 0.4) is 0 Å². The molecule has 1 aromatic heterocycles. The zero-order valence-electron chi connectivity index (χ0n) is 10.5. The van der Waals surface area contributed by atoms with Gasteiger partial charge in [0.15, 0.2) is 5.82 Å². The molecule has 0 spiro atoms. The van der Waals surface area contributed by atoms with E-state index in [0.29, 0.717) is 0 Å². The quantitative estimate of drug-likeness (QED) is 0.922. The van der Waals surface area contributed by atoms with Gasteiger partial charge in [0.25, 0.3) is 0 Å². The lowest BCUT2D eigenvalue weighted by atomic mass is 10.1. The number of aromatic nitrogens is 2. The van der Waals surface area contributed by atoms with Gasteiger partial charge >= 0.3 is 0 Å². The van der Waals surface area contributed by atoms with E-state index in [1.54, 1.807) is 0 Å². The number of anilines is 1. The summed E-state index contributed by atoms with van der Waals surface area (Å²) in [4.78, 5) is 2.26. The smallest absolute Gasteiger partial charge is 0.151 e. The molecule has 19 heavy (non-hydrogen) atoms. The number of benzene rings is 1. The minimum atomic E-state index is 0.909. The van der Waals surface area contributed by atoms with Gasteiger partial charge < -0.3 is 10.2 Å². The summed E-state index contributed by atoms with van der Waals surface area (Å²) >= 11 is 3.43. The van der Waals surface area contributed by atoms with E-state index in [4.69, 9.17) is 0 Å². The molecule has 0 bridgehead atoms. The van der Waals surface area contributed by atoms with Crippen molar-refractivity contribution in [3.63, 3.8) is 0 Å². The highest BCUT2D eigenvalue weighted by Gasteiger charge is 2.12. The Kier molecular flexibility index (Phi) is 3.75. The fraction of sp³-hybridized carbons (Fsp3) is 0.286. The number of hydrogen-bond acceptors (Lipinski definition) is 4. The van der Waals surface area contributed by atoms with Crippen molar-refractivity contribution in [2.75, 3.05) is 31.1 Å². The Bertz CT molecular complexity index is 532. The number of hydrogen-bond donors (Lipinski definition) is 1. The fourth-order valence-corrected chi connectivity index (χ4v) is 2.43. The highest BCUT2D eigenvalue weighted by Crippen LogP contribution is 2.20. The third-order valence-electron chi connectivity index (χ3n) is 3.23. The molecule has 1 aliphatic rings. The van der Waals surface area contributed by atoms with Crippen LogP contribution in [0, 0.1) is 0 Å². The van der Waals surface area contributed by atoms with Crippen molar-refractivity contribution >= 4 is 21.7 Å². The molecule has 0 atom stereocenters. The summed E-state index contributed by atoms with van der Waals surface area (Å²) in [5, 5.41) is 12.0. The Labute approximate surface area is 121 Å². The molecule has 0 unspecified atom stereocenters. The molecule has 1 fully saturated rings. The van der Waals surface area contributed by atoms with Crippen LogP contribution in [0.5, 0.6) is 0 Å². The monoisotopic (exact) mass is 318 g/mol. The highest BCUT2D eigenvalue weighted by molar-refractivity contribution is 9.10. The first kappa shape index (κ1) is 12.6. The topological polar surface area (TPSA) is 41.0 Å². The van der Waals surface area contributed by atoms with Crippen molar-refractivity contribution in [2.24, 2.45) is 0 Å². The van der Waals surface area contributed by atoms with E-state index in [1.807, 2.05) is 30.3 Å². The van der Waals surface area contributed by atoms with Gasteiger partial charge in [0.2, 0.25) is 0 Å². The summed E-state index contributed by atoms with van der Waals surface area (Å²) in [5.74, 6) is 0.961. The Morgan fingerprint density at radius 2 is 1.68 bits per heavy atom. The summed E-state index contributed by atoms with van der Waals surface area (Å²) in [6.45, 7) is 4.00. The maximum atomic E-state index is 4.34. The molecular weight excluding hydrogens is 304 g/mol. The van der Waals surface area contributed by atoms with Gasteiger partial charge in [-0.05, 0) is 24.3 Å². The standard InChI is InChI=1S/C14H15BrN4/c15-12-3-1-11(2-4-12)13-5-6-14(18-17-13)19-9-7-16-8-10-19/h1-6,16H,7-10H2. The number of piperazine rings is 1. The normalized spacial score (nSPS) is 15.5. The van der Waals surface area contributed by atoms with Gasteiger partial charge in [-0.3, -0.25) is 0 Å². The first-order valence-electron chi connectivity index (χ1n) is 6.38. The SMILES string of the molecule is Brc1ccc(-c2ccc(N3CCNCC3)nn2)cc1. The van der Waals surface area contributed by atoms with Crippen LogP contribution in [0.4, 0.5) is 5.82 Å². The predicted octanol–water partition coefficient (Wildman–Crippen LogP) is 2.32. The van der Waals surface area contributed by atoms with Gasteiger partial charge in [-0.2, -0.15) is 0 Å². The summed E-state index contributed by atoms with van der Waals surface area (Å²) in [6, 6.07) is 12.2. The molecule has 5 heteroatoms. The highest BCUT2D eigenvalue weighted by atomic mass is 79.9. The molecule has 0 saturated carbocycles. The maximum Gasteiger partial charge on any atom is 0.151 e. The molecule has 3 rings (SSSR count). The van der Waals surface area contributed by atoms with Crippen LogP contribution >= 0.6 is 15.9 Å². The second kappa shape index (κ2) is 5.67. The van der Waals surface area contributed by atoms with Crippen LogP contribution in [0.15, 0.2) is 40.9 Å². The van der Waals surface area contributed by atoms with Crippen LogP contribution < -0.4 is 10.2 Å². The van der Waals surface area contributed by atoms with Gasteiger partial charge in [0, 0.05) is 36.2 Å². The molecule has 0 radical (unpaired) electrons. The Morgan fingerprint density at radius 1 is 0.947 bits per heavy atom. The minimum Gasteiger partial charge on any atom is -0.353 e. The fourth-order valence-electron chi connectivity index (χ4n) is 2.16. The Balaban J connectivity index is 1.80. The third-order valence-corrected chi connectivity index (χ3v) is 3.76. The van der Waals surface area contributed by atoms with Crippen molar-refractivity contribution in [3.05, 3.63) is 40.9 Å². The van der Waals surface area contributed by atoms with Gasteiger partial charge in [-0.25, -0.2) is 0 Å². The van der Waals surface area contributed by atoms with Crippen LogP contribution in [-0.4, -0.2) is 36.4 Å². The zero-order valence-corrected chi connectivity index (χ0v) is 12.1. The summed E-state index contributed by atoms with van der Waals surface area (Å²) < 4.78 is 1.07. The van der Waals surface area contributed by atoms with E-state index in [1.165, 1.54) is 0 Å². The van der Waals surface area contributed by atoms with Crippen LogP contribution in [0.1, 0.15) is 0 Å². The van der Waals surface area contributed by atoms with Crippen molar-refractivity contribution in [1.82, 2.24) is 15.5 Å². The number of rotatable bonds is 2. The average Bonchev–Trinajstić information content (AvgIpc) is 2.49. The molecule has 98 valence electrons. The van der Waals surface area contributed by atoms with E-state index in [-0.39, 0.29) is 0 Å². The van der Waals surface area contributed by atoms with E-state index in [9.17, 15) is 0 Å². The van der Waals surface area contributed by atoms with E-state index in [0.717, 1.165) is 47.7 Å². The maximum absolute atomic E-state index is 4.34. The molecule has 0 aliphatic carbocycles. The van der Waals surface area contributed by atoms with Gasteiger partial charge in [-0.1, -0.05) is 28.1 Å². The number of halogens is 1. The van der Waals surface area contributed by atoms with Crippen molar-refractivity contribution < 1.29 is 0 Å². The van der Waals surface area contributed by atoms with E-state index >= 15 is 0 Å². The van der Waals surface area contributed by atoms with Crippen LogP contribution in [0.25, 0.3) is 11.3 Å². The van der Waals surface area contributed by atoms with Gasteiger partial charge in [0.05, 0.1) is 5.69 Å². The molecule has 1 N–H and O–H groups in total. The lowest BCUT2D eigenvalue weighted by Gasteiger charge is -2.27. The van der Waals surface area contributed by atoms with Crippen molar-refractivity contribution in [2.45, 2.75) is 0 Å². The Hall–Kier alpha value is -1.46.